The van der Waals surface area contributed by atoms with Gasteiger partial charge in [0.25, 0.3) is 0 Å². The van der Waals surface area contributed by atoms with E-state index in [0.29, 0.717) is 23.7 Å². The summed E-state index contributed by atoms with van der Waals surface area (Å²) >= 11 is 1.65. The highest BCUT2D eigenvalue weighted by molar-refractivity contribution is 7.89. The van der Waals surface area contributed by atoms with Crippen LogP contribution in [0.15, 0.2) is 16.5 Å². The monoisotopic (exact) mass is 383 g/mol. The molecule has 2 aromatic rings. The van der Waals surface area contributed by atoms with Crippen LogP contribution in [0.4, 0.5) is 0 Å². The van der Waals surface area contributed by atoms with Crippen LogP contribution in [-0.4, -0.2) is 58.6 Å². The van der Waals surface area contributed by atoms with E-state index in [0.717, 1.165) is 43.3 Å². The van der Waals surface area contributed by atoms with E-state index < -0.39 is 10.0 Å². The fourth-order valence-corrected chi connectivity index (χ4v) is 5.27. The molecule has 0 saturated carbocycles. The first kappa shape index (κ1) is 18.5. The van der Waals surface area contributed by atoms with Crippen LogP contribution in [0.25, 0.3) is 0 Å². The Morgan fingerprint density at radius 1 is 1.20 bits per heavy atom. The zero-order chi connectivity index (χ0) is 18.0. The standard InChI is InChI=1S/C16H25N5O2S2/c1-4-5-20-11-16(13(2)18-20)25(22,23)21-8-6-19(7-9-21)10-15-12-24-14(3)17-15/h11-12H,4-10H2,1-3H3. The highest BCUT2D eigenvalue weighted by atomic mass is 32.2. The van der Waals surface area contributed by atoms with Crippen LogP contribution < -0.4 is 0 Å². The van der Waals surface area contributed by atoms with E-state index in [-0.39, 0.29) is 0 Å². The van der Waals surface area contributed by atoms with Crippen molar-refractivity contribution < 1.29 is 8.42 Å². The van der Waals surface area contributed by atoms with E-state index in [1.807, 2.05) is 13.8 Å². The summed E-state index contributed by atoms with van der Waals surface area (Å²) in [6.07, 6.45) is 2.59. The summed E-state index contributed by atoms with van der Waals surface area (Å²) in [5.74, 6) is 0. The molecule has 25 heavy (non-hydrogen) atoms. The first-order valence-corrected chi connectivity index (χ1v) is 10.9. The number of aromatic nitrogens is 3. The number of hydrogen-bond acceptors (Lipinski definition) is 6. The molecule has 3 rings (SSSR count). The summed E-state index contributed by atoms with van der Waals surface area (Å²) in [4.78, 5) is 7.08. The molecule has 2 aromatic heterocycles. The van der Waals surface area contributed by atoms with Crippen LogP contribution in [0.3, 0.4) is 0 Å². The second-order valence-electron chi connectivity index (χ2n) is 6.38. The van der Waals surface area contributed by atoms with E-state index in [1.54, 1.807) is 33.4 Å². The molecule has 0 unspecified atom stereocenters. The molecule has 0 N–H and O–H groups in total. The first-order valence-electron chi connectivity index (χ1n) is 8.57. The Morgan fingerprint density at radius 2 is 1.92 bits per heavy atom. The maximum atomic E-state index is 12.9. The number of nitrogens with zero attached hydrogens (tertiary/aromatic N) is 5. The summed E-state index contributed by atoms with van der Waals surface area (Å²) in [6, 6.07) is 0. The SMILES string of the molecule is CCCn1cc(S(=O)(=O)N2CCN(Cc3csc(C)n3)CC2)c(C)n1. The van der Waals surface area contributed by atoms with Crippen LogP contribution >= 0.6 is 11.3 Å². The van der Waals surface area contributed by atoms with Gasteiger partial charge in [-0.05, 0) is 20.3 Å². The minimum atomic E-state index is -3.47. The highest BCUT2D eigenvalue weighted by Gasteiger charge is 2.31. The molecule has 1 fully saturated rings. The lowest BCUT2D eigenvalue weighted by Gasteiger charge is -2.33. The second kappa shape index (κ2) is 7.53. The molecule has 1 aliphatic rings. The number of sulfonamides is 1. The van der Waals surface area contributed by atoms with Crippen LogP contribution in [0.2, 0.25) is 0 Å². The van der Waals surface area contributed by atoms with Gasteiger partial charge in [0.2, 0.25) is 10.0 Å². The highest BCUT2D eigenvalue weighted by Crippen LogP contribution is 2.21. The molecule has 138 valence electrons. The second-order valence-corrected chi connectivity index (χ2v) is 9.35. The Hall–Kier alpha value is -1.29. The largest absolute Gasteiger partial charge is 0.295 e. The predicted octanol–water partition coefficient (Wildman–Crippen LogP) is 1.87. The Labute approximate surface area is 153 Å². The Morgan fingerprint density at radius 3 is 2.52 bits per heavy atom. The van der Waals surface area contributed by atoms with Gasteiger partial charge in [0.15, 0.2) is 0 Å². The molecule has 0 aromatic carbocycles. The summed E-state index contributed by atoms with van der Waals surface area (Å²) in [7, 11) is -3.47. The Kier molecular flexibility index (Phi) is 5.57. The van der Waals surface area contributed by atoms with Gasteiger partial charge < -0.3 is 0 Å². The van der Waals surface area contributed by atoms with Gasteiger partial charge in [0.05, 0.1) is 16.4 Å². The van der Waals surface area contributed by atoms with Crippen molar-refractivity contribution in [2.45, 2.75) is 45.2 Å². The first-order chi connectivity index (χ1) is 11.9. The summed E-state index contributed by atoms with van der Waals surface area (Å²) in [5.41, 5.74) is 1.64. The third-order valence-corrected chi connectivity index (χ3v) is 7.18. The van der Waals surface area contributed by atoms with Gasteiger partial charge in [-0.2, -0.15) is 9.40 Å². The molecule has 3 heterocycles. The fraction of sp³-hybridized carbons (Fsp3) is 0.625. The quantitative estimate of drug-likeness (QED) is 0.762. The molecule has 0 spiro atoms. The maximum absolute atomic E-state index is 12.9. The number of hydrogen-bond donors (Lipinski definition) is 0. The molecule has 9 heteroatoms. The van der Waals surface area contributed by atoms with E-state index in [9.17, 15) is 8.42 Å². The van der Waals surface area contributed by atoms with Gasteiger partial charge in [-0.3, -0.25) is 9.58 Å². The third-order valence-electron chi connectivity index (χ3n) is 4.36. The molecule has 1 aliphatic heterocycles. The molecular formula is C16H25N5O2S2. The van der Waals surface area contributed by atoms with Crippen molar-refractivity contribution in [2.24, 2.45) is 0 Å². The van der Waals surface area contributed by atoms with Crippen molar-refractivity contribution in [3.05, 3.63) is 28.0 Å². The number of piperazine rings is 1. The summed E-state index contributed by atoms with van der Waals surface area (Å²) in [6.45, 7) is 9.78. The molecule has 1 saturated heterocycles. The van der Waals surface area contributed by atoms with Gasteiger partial charge in [-0.25, -0.2) is 13.4 Å². The van der Waals surface area contributed by atoms with Gasteiger partial charge in [-0.1, -0.05) is 6.92 Å². The minimum Gasteiger partial charge on any atom is -0.295 e. The Balaban J connectivity index is 1.65. The van der Waals surface area contributed by atoms with Crippen LogP contribution in [-0.2, 0) is 23.1 Å². The fourth-order valence-electron chi connectivity index (χ4n) is 3.07. The number of rotatable bonds is 6. The normalized spacial score (nSPS) is 17.2. The average Bonchev–Trinajstić information content (AvgIpc) is 3.14. The molecule has 0 aliphatic carbocycles. The van der Waals surface area contributed by atoms with Gasteiger partial charge in [-0.15, -0.1) is 11.3 Å². The van der Waals surface area contributed by atoms with E-state index >= 15 is 0 Å². The van der Waals surface area contributed by atoms with Crippen LogP contribution in [0.1, 0.15) is 29.7 Å². The van der Waals surface area contributed by atoms with Crippen molar-refractivity contribution in [1.29, 1.82) is 0 Å². The van der Waals surface area contributed by atoms with E-state index in [4.69, 9.17) is 0 Å². The van der Waals surface area contributed by atoms with E-state index in [2.05, 4.69) is 20.4 Å². The van der Waals surface area contributed by atoms with E-state index in [1.165, 1.54) is 0 Å². The van der Waals surface area contributed by atoms with Crippen molar-refractivity contribution in [1.82, 2.24) is 24.0 Å². The minimum absolute atomic E-state index is 0.338. The lowest BCUT2D eigenvalue weighted by molar-refractivity contribution is 0.180. The van der Waals surface area contributed by atoms with Crippen molar-refractivity contribution in [3.8, 4) is 0 Å². The summed E-state index contributed by atoms with van der Waals surface area (Å²) in [5, 5.41) is 7.47. The molecule has 0 radical (unpaired) electrons. The Bertz CT molecular complexity index is 819. The zero-order valence-electron chi connectivity index (χ0n) is 15.0. The van der Waals surface area contributed by atoms with Crippen molar-refractivity contribution >= 4 is 21.4 Å². The van der Waals surface area contributed by atoms with Gasteiger partial charge >= 0.3 is 0 Å². The number of thiazole rings is 1. The van der Waals surface area contributed by atoms with Crippen LogP contribution in [0.5, 0.6) is 0 Å². The van der Waals surface area contributed by atoms with Gasteiger partial charge in [0.1, 0.15) is 4.90 Å². The molecule has 0 bridgehead atoms. The zero-order valence-corrected chi connectivity index (χ0v) is 16.6. The van der Waals surface area contributed by atoms with Gasteiger partial charge in [0, 0.05) is 50.8 Å². The average molecular weight is 384 g/mol. The molecule has 7 nitrogen and oxygen atoms in total. The lowest BCUT2D eigenvalue weighted by Crippen LogP contribution is -2.48. The molecular weight excluding hydrogens is 358 g/mol. The summed E-state index contributed by atoms with van der Waals surface area (Å²) < 4.78 is 29.2. The molecule has 0 atom stereocenters. The number of aryl methyl sites for hydroxylation is 3. The van der Waals surface area contributed by atoms with Crippen LogP contribution in [0, 0.1) is 13.8 Å². The smallest absolute Gasteiger partial charge is 0.246 e. The predicted molar refractivity (Wildman–Crippen MR) is 98.1 cm³/mol. The third kappa shape index (κ3) is 4.11. The topological polar surface area (TPSA) is 71.3 Å². The lowest BCUT2D eigenvalue weighted by atomic mass is 10.3. The molecule has 0 amide bonds. The van der Waals surface area contributed by atoms with Crippen molar-refractivity contribution in [2.75, 3.05) is 26.2 Å². The van der Waals surface area contributed by atoms with Crippen molar-refractivity contribution in [3.63, 3.8) is 0 Å². The maximum Gasteiger partial charge on any atom is 0.246 e.